The van der Waals surface area contributed by atoms with Gasteiger partial charge in [0.2, 0.25) is 5.91 Å². The number of nitrogens with zero attached hydrogens (tertiary/aromatic N) is 2. The van der Waals surface area contributed by atoms with Gasteiger partial charge in [0.1, 0.15) is 5.41 Å². The molecular formula is C13H10ClN3O. The smallest absolute Gasteiger partial charge is 0.244 e. The molecule has 0 radical (unpaired) electrons. The number of amides is 1. The number of hydrogen-bond acceptors (Lipinski definition) is 3. The molecule has 0 heterocycles. The van der Waals surface area contributed by atoms with Crippen LogP contribution in [0.15, 0.2) is 18.2 Å². The summed E-state index contributed by atoms with van der Waals surface area (Å²) in [4.78, 5) is 12.0. The summed E-state index contributed by atoms with van der Waals surface area (Å²) in [5, 5.41) is 20.7. The highest BCUT2D eigenvalue weighted by Crippen LogP contribution is 2.41. The molecule has 0 saturated heterocycles. The molecule has 1 aliphatic rings. The van der Waals surface area contributed by atoms with Crippen molar-refractivity contribution in [2.24, 2.45) is 5.41 Å². The van der Waals surface area contributed by atoms with Crippen LogP contribution < -0.4 is 5.32 Å². The van der Waals surface area contributed by atoms with Crippen LogP contribution in [-0.4, -0.2) is 5.91 Å². The Hall–Kier alpha value is -2.04. The summed E-state index contributed by atoms with van der Waals surface area (Å²) in [6, 6.07) is 8.66. The number of nitrogens with one attached hydrogen (secondary N) is 1. The standard InChI is InChI=1S/C13H10ClN3O/c14-10-6-9(7-15)2-3-11(10)17-12(18)13(8-16)4-1-5-13/h2-3,6H,1,4-5H2,(H,17,18). The van der Waals surface area contributed by atoms with E-state index in [-0.39, 0.29) is 5.91 Å². The van der Waals surface area contributed by atoms with Crippen LogP contribution >= 0.6 is 11.6 Å². The predicted octanol–water partition coefficient (Wildman–Crippen LogP) is 2.84. The molecule has 0 aliphatic heterocycles. The molecule has 0 spiro atoms. The van der Waals surface area contributed by atoms with Gasteiger partial charge < -0.3 is 5.32 Å². The lowest BCUT2D eigenvalue weighted by Gasteiger charge is -2.33. The van der Waals surface area contributed by atoms with Gasteiger partial charge in [0.25, 0.3) is 0 Å². The van der Waals surface area contributed by atoms with Crippen LogP contribution in [0.4, 0.5) is 5.69 Å². The van der Waals surface area contributed by atoms with Crippen molar-refractivity contribution in [2.45, 2.75) is 19.3 Å². The van der Waals surface area contributed by atoms with Crippen LogP contribution in [0.2, 0.25) is 5.02 Å². The Kier molecular flexibility index (Phi) is 3.23. The highest BCUT2D eigenvalue weighted by Gasteiger charge is 2.44. The molecule has 0 aromatic heterocycles. The maximum absolute atomic E-state index is 12.0. The van der Waals surface area contributed by atoms with Crippen LogP contribution in [0.25, 0.3) is 0 Å². The molecule has 0 unspecified atom stereocenters. The fourth-order valence-corrected chi connectivity index (χ4v) is 2.08. The number of benzene rings is 1. The molecule has 1 aromatic carbocycles. The molecule has 18 heavy (non-hydrogen) atoms. The maximum atomic E-state index is 12.0. The Balaban J connectivity index is 2.18. The van der Waals surface area contributed by atoms with E-state index in [0.717, 1.165) is 6.42 Å². The van der Waals surface area contributed by atoms with Crippen molar-refractivity contribution in [2.75, 3.05) is 5.32 Å². The Bertz CT molecular complexity index is 579. The van der Waals surface area contributed by atoms with Crippen LogP contribution in [0.5, 0.6) is 0 Å². The van der Waals surface area contributed by atoms with E-state index < -0.39 is 5.41 Å². The molecule has 1 saturated carbocycles. The van der Waals surface area contributed by atoms with Gasteiger partial charge in [-0.15, -0.1) is 0 Å². The van der Waals surface area contributed by atoms with E-state index in [0.29, 0.717) is 29.1 Å². The van der Waals surface area contributed by atoms with Gasteiger partial charge in [-0.25, -0.2) is 0 Å². The van der Waals surface area contributed by atoms with Crippen LogP contribution in [0.3, 0.4) is 0 Å². The summed E-state index contributed by atoms with van der Waals surface area (Å²) < 4.78 is 0. The van der Waals surface area contributed by atoms with Crippen molar-refractivity contribution >= 4 is 23.2 Å². The molecule has 1 aromatic rings. The van der Waals surface area contributed by atoms with Gasteiger partial charge >= 0.3 is 0 Å². The van der Waals surface area contributed by atoms with Crippen molar-refractivity contribution in [1.29, 1.82) is 10.5 Å². The van der Waals surface area contributed by atoms with Gasteiger partial charge in [-0.1, -0.05) is 11.6 Å². The summed E-state index contributed by atoms with van der Waals surface area (Å²) >= 11 is 5.96. The Morgan fingerprint density at radius 3 is 2.56 bits per heavy atom. The number of halogens is 1. The van der Waals surface area contributed by atoms with E-state index in [1.54, 1.807) is 12.1 Å². The zero-order chi connectivity index (χ0) is 13.2. The first-order chi connectivity index (χ1) is 8.61. The lowest BCUT2D eigenvalue weighted by Crippen LogP contribution is -2.40. The minimum atomic E-state index is -0.906. The van der Waals surface area contributed by atoms with Crippen molar-refractivity contribution in [3.05, 3.63) is 28.8 Å². The topological polar surface area (TPSA) is 76.7 Å². The fourth-order valence-electron chi connectivity index (χ4n) is 1.85. The summed E-state index contributed by atoms with van der Waals surface area (Å²) in [6.07, 6.45) is 2.06. The Labute approximate surface area is 110 Å². The molecule has 1 aliphatic carbocycles. The van der Waals surface area contributed by atoms with Crippen molar-refractivity contribution in [3.8, 4) is 12.1 Å². The highest BCUT2D eigenvalue weighted by atomic mass is 35.5. The molecule has 1 N–H and O–H groups in total. The molecule has 90 valence electrons. The van der Waals surface area contributed by atoms with E-state index in [9.17, 15) is 4.79 Å². The van der Waals surface area contributed by atoms with Crippen LogP contribution in [0.1, 0.15) is 24.8 Å². The quantitative estimate of drug-likeness (QED) is 0.887. The second kappa shape index (κ2) is 4.68. The van der Waals surface area contributed by atoms with Crippen LogP contribution in [-0.2, 0) is 4.79 Å². The van der Waals surface area contributed by atoms with Gasteiger partial charge in [0.15, 0.2) is 0 Å². The van der Waals surface area contributed by atoms with Crippen molar-refractivity contribution < 1.29 is 4.79 Å². The number of anilines is 1. The summed E-state index contributed by atoms with van der Waals surface area (Å²) in [5.74, 6) is -0.317. The third kappa shape index (κ3) is 2.03. The normalized spacial score (nSPS) is 15.9. The van der Waals surface area contributed by atoms with Gasteiger partial charge in [0, 0.05) is 0 Å². The van der Waals surface area contributed by atoms with E-state index in [1.807, 2.05) is 6.07 Å². The van der Waals surface area contributed by atoms with Crippen LogP contribution in [0, 0.1) is 28.1 Å². The average Bonchev–Trinajstić information content (AvgIpc) is 2.31. The summed E-state index contributed by atoms with van der Waals surface area (Å²) in [6.45, 7) is 0. The summed E-state index contributed by atoms with van der Waals surface area (Å²) in [5.41, 5.74) is -0.0455. The van der Waals surface area contributed by atoms with Gasteiger partial charge in [-0.05, 0) is 37.5 Å². The molecule has 0 bridgehead atoms. The lowest BCUT2D eigenvalue weighted by molar-refractivity contribution is -0.126. The molecule has 0 atom stereocenters. The SMILES string of the molecule is N#Cc1ccc(NC(=O)C2(C#N)CCC2)c(Cl)c1. The number of nitriles is 2. The first kappa shape index (κ1) is 12.4. The summed E-state index contributed by atoms with van der Waals surface area (Å²) in [7, 11) is 0. The predicted molar refractivity (Wildman–Crippen MR) is 66.7 cm³/mol. The van der Waals surface area contributed by atoms with E-state index >= 15 is 0 Å². The minimum absolute atomic E-state index is 0.301. The highest BCUT2D eigenvalue weighted by molar-refractivity contribution is 6.33. The first-order valence-electron chi connectivity index (χ1n) is 5.54. The van der Waals surface area contributed by atoms with E-state index in [1.165, 1.54) is 6.07 Å². The largest absolute Gasteiger partial charge is 0.323 e. The van der Waals surface area contributed by atoms with Crippen molar-refractivity contribution in [1.82, 2.24) is 0 Å². The third-order valence-electron chi connectivity index (χ3n) is 3.20. The zero-order valence-corrected chi connectivity index (χ0v) is 10.3. The Morgan fingerprint density at radius 1 is 1.39 bits per heavy atom. The average molecular weight is 260 g/mol. The third-order valence-corrected chi connectivity index (χ3v) is 3.51. The van der Waals surface area contributed by atoms with Gasteiger partial charge in [-0.2, -0.15) is 10.5 Å². The number of hydrogen-bond donors (Lipinski definition) is 1. The number of rotatable bonds is 2. The molecule has 4 nitrogen and oxygen atoms in total. The molecule has 1 amide bonds. The number of carbonyl (C=O) groups is 1. The second-order valence-corrected chi connectivity index (χ2v) is 4.72. The number of carbonyl (C=O) groups excluding carboxylic acids is 1. The molecule has 1 fully saturated rings. The van der Waals surface area contributed by atoms with Gasteiger partial charge in [-0.3, -0.25) is 4.79 Å². The fraction of sp³-hybridized carbons (Fsp3) is 0.308. The Morgan fingerprint density at radius 2 is 2.11 bits per heavy atom. The maximum Gasteiger partial charge on any atom is 0.244 e. The van der Waals surface area contributed by atoms with Gasteiger partial charge in [0.05, 0.1) is 28.4 Å². The zero-order valence-electron chi connectivity index (χ0n) is 9.53. The molecule has 5 heteroatoms. The van der Waals surface area contributed by atoms with E-state index in [4.69, 9.17) is 22.1 Å². The lowest BCUT2D eigenvalue weighted by atomic mass is 9.69. The van der Waals surface area contributed by atoms with E-state index in [2.05, 4.69) is 11.4 Å². The second-order valence-electron chi connectivity index (χ2n) is 4.31. The van der Waals surface area contributed by atoms with Crippen molar-refractivity contribution in [3.63, 3.8) is 0 Å². The minimum Gasteiger partial charge on any atom is -0.323 e. The first-order valence-corrected chi connectivity index (χ1v) is 5.91. The molecule has 2 rings (SSSR count). The molecular weight excluding hydrogens is 250 g/mol. The monoisotopic (exact) mass is 259 g/mol.